The molecule has 114 valence electrons. The standard InChI is InChI=1S/C16H30N4/c1-4-11-19(15-7-9-17-10-8-15)13-16-12-14(5-2)18-20(16)6-3/h12,15,17H,4-11,13H2,1-3H3. The van der Waals surface area contributed by atoms with Crippen molar-refractivity contribution in [1.82, 2.24) is 20.0 Å². The van der Waals surface area contributed by atoms with Gasteiger partial charge in [0.2, 0.25) is 0 Å². The molecule has 0 unspecified atom stereocenters. The van der Waals surface area contributed by atoms with Gasteiger partial charge in [-0.1, -0.05) is 13.8 Å². The van der Waals surface area contributed by atoms with Crippen LogP contribution in [-0.2, 0) is 19.5 Å². The molecule has 1 aromatic heterocycles. The van der Waals surface area contributed by atoms with Crippen molar-refractivity contribution in [3.05, 3.63) is 17.5 Å². The molecule has 1 saturated heterocycles. The lowest BCUT2D eigenvalue weighted by atomic mass is 10.0. The molecular weight excluding hydrogens is 248 g/mol. The lowest BCUT2D eigenvalue weighted by Gasteiger charge is -2.34. The molecule has 4 heteroatoms. The maximum atomic E-state index is 4.68. The van der Waals surface area contributed by atoms with Gasteiger partial charge in [0.25, 0.3) is 0 Å². The molecule has 0 aliphatic carbocycles. The zero-order chi connectivity index (χ0) is 14.4. The molecule has 0 aromatic carbocycles. The molecule has 1 fully saturated rings. The van der Waals surface area contributed by atoms with E-state index in [9.17, 15) is 0 Å². The molecule has 1 aliphatic rings. The number of nitrogens with one attached hydrogen (secondary N) is 1. The van der Waals surface area contributed by atoms with E-state index in [-0.39, 0.29) is 0 Å². The fraction of sp³-hybridized carbons (Fsp3) is 0.812. The summed E-state index contributed by atoms with van der Waals surface area (Å²) in [5.74, 6) is 0. The molecule has 2 heterocycles. The monoisotopic (exact) mass is 278 g/mol. The topological polar surface area (TPSA) is 33.1 Å². The van der Waals surface area contributed by atoms with Crippen LogP contribution in [0.5, 0.6) is 0 Å². The third-order valence-corrected chi connectivity index (χ3v) is 4.28. The Hall–Kier alpha value is -0.870. The van der Waals surface area contributed by atoms with Crippen LogP contribution < -0.4 is 5.32 Å². The van der Waals surface area contributed by atoms with Crippen LogP contribution in [0.4, 0.5) is 0 Å². The van der Waals surface area contributed by atoms with Crippen LogP contribution in [0.25, 0.3) is 0 Å². The summed E-state index contributed by atoms with van der Waals surface area (Å²) in [7, 11) is 0. The number of rotatable bonds is 7. The van der Waals surface area contributed by atoms with Gasteiger partial charge < -0.3 is 5.32 Å². The van der Waals surface area contributed by atoms with Gasteiger partial charge in [0.1, 0.15) is 0 Å². The summed E-state index contributed by atoms with van der Waals surface area (Å²) in [5, 5.41) is 8.15. The second-order valence-electron chi connectivity index (χ2n) is 5.75. The fourth-order valence-corrected chi connectivity index (χ4v) is 3.15. The van der Waals surface area contributed by atoms with Gasteiger partial charge in [0, 0.05) is 19.1 Å². The van der Waals surface area contributed by atoms with E-state index < -0.39 is 0 Å². The minimum atomic E-state index is 0.737. The maximum Gasteiger partial charge on any atom is 0.0625 e. The predicted octanol–water partition coefficient (Wildman–Crippen LogP) is 2.43. The largest absolute Gasteiger partial charge is 0.317 e. The first-order chi connectivity index (χ1) is 9.78. The van der Waals surface area contributed by atoms with E-state index >= 15 is 0 Å². The summed E-state index contributed by atoms with van der Waals surface area (Å²) in [4.78, 5) is 2.67. The van der Waals surface area contributed by atoms with Crippen molar-refractivity contribution in [1.29, 1.82) is 0 Å². The van der Waals surface area contributed by atoms with E-state index in [0.29, 0.717) is 0 Å². The highest BCUT2D eigenvalue weighted by atomic mass is 15.3. The van der Waals surface area contributed by atoms with E-state index in [0.717, 1.165) is 38.6 Å². The zero-order valence-corrected chi connectivity index (χ0v) is 13.4. The molecule has 4 nitrogen and oxygen atoms in total. The zero-order valence-electron chi connectivity index (χ0n) is 13.4. The summed E-state index contributed by atoms with van der Waals surface area (Å²) >= 11 is 0. The van der Waals surface area contributed by atoms with Gasteiger partial charge in [-0.25, -0.2) is 0 Å². The molecule has 1 aromatic rings. The number of piperidine rings is 1. The molecule has 0 radical (unpaired) electrons. The van der Waals surface area contributed by atoms with Gasteiger partial charge in [-0.05, 0) is 58.3 Å². The van der Waals surface area contributed by atoms with Crippen LogP contribution in [0, 0.1) is 0 Å². The number of hydrogen-bond acceptors (Lipinski definition) is 3. The molecular formula is C16H30N4. The highest BCUT2D eigenvalue weighted by Gasteiger charge is 2.21. The summed E-state index contributed by atoms with van der Waals surface area (Å²) in [6.45, 7) is 12.2. The number of aromatic nitrogens is 2. The van der Waals surface area contributed by atoms with E-state index in [1.807, 2.05) is 0 Å². The molecule has 1 aliphatic heterocycles. The van der Waals surface area contributed by atoms with Crippen LogP contribution in [0.15, 0.2) is 6.07 Å². The quantitative estimate of drug-likeness (QED) is 0.831. The van der Waals surface area contributed by atoms with Gasteiger partial charge in [0.05, 0.1) is 11.4 Å². The normalized spacial score (nSPS) is 17.0. The van der Waals surface area contributed by atoms with Crippen molar-refractivity contribution in [2.75, 3.05) is 19.6 Å². The number of nitrogens with zero attached hydrogens (tertiary/aromatic N) is 3. The first kappa shape index (κ1) is 15.5. The minimum absolute atomic E-state index is 0.737. The predicted molar refractivity (Wildman–Crippen MR) is 83.9 cm³/mol. The average Bonchev–Trinajstić information content (AvgIpc) is 2.90. The SMILES string of the molecule is CCCN(Cc1cc(CC)nn1CC)C1CCNCC1. The van der Waals surface area contributed by atoms with Crippen molar-refractivity contribution in [3.8, 4) is 0 Å². The number of aryl methyl sites for hydroxylation is 2. The summed E-state index contributed by atoms with van der Waals surface area (Å²) < 4.78 is 2.18. The van der Waals surface area contributed by atoms with Crippen LogP contribution >= 0.6 is 0 Å². The average molecular weight is 278 g/mol. The lowest BCUT2D eigenvalue weighted by molar-refractivity contribution is 0.150. The Bertz CT molecular complexity index is 393. The molecule has 20 heavy (non-hydrogen) atoms. The minimum Gasteiger partial charge on any atom is -0.317 e. The van der Waals surface area contributed by atoms with Crippen LogP contribution in [0.3, 0.4) is 0 Å². The second kappa shape index (κ2) is 7.79. The highest BCUT2D eigenvalue weighted by Crippen LogP contribution is 2.17. The molecule has 2 rings (SSSR count). The number of hydrogen-bond donors (Lipinski definition) is 1. The van der Waals surface area contributed by atoms with Crippen molar-refractivity contribution in [3.63, 3.8) is 0 Å². The molecule has 0 amide bonds. The highest BCUT2D eigenvalue weighted by molar-refractivity contribution is 5.10. The van der Waals surface area contributed by atoms with Crippen molar-refractivity contribution >= 4 is 0 Å². The van der Waals surface area contributed by atoms with Crippen molar-refractivity contribution < 1.29 is 0 Å². The summed E-state index contributed by atoms with van der Waals surface area (Å²) in [6, 6.07) is 3.04. The van der Waals surface area contributed by atoms with E-state index in [2.05, 4.69) is 46.8 Å². The Balaban J connectivity index is 2.08. The van der Waals surface area contributed by atoms with Crippen LogP contribution in [-0.4, -0.2) is 40.4 Å². The molecule has 0 spiro atoms. The first-order valence-electron chi connectivity index (χ1n) is 8.28. The van der Waals surface area contributed by atoms with Crippen molar-refractivity contribution in [2.24, 2.45) is 0 Å². The van der Waals surface area contributed by atoms with Gasteiger partial charge >= 0.3 is 0 Å². The third-order valence-electron chi connectivity index (χ3n) is 4.28. The van der Waals surface area contributed by atoms with Gasteiger partial charge in [-0.2, -0.15) is 5.10 Å². The molecule has 0 saturated carbocycles. The Kier molecular flexibility index (Phi) is 6.05. The fourth-order valence-electron chi connectivity index (χ4n) is 3.15. The summed E-state index contributed by atoms with van der Waals surface area (Å²) in [5.41, 5.74) is 2.61. The Labute approximate surface area is 123 Å². The van der Waals surface area contributed by atoms with Crippen LogP contribution in [0.1, 0.15) is 51.4 Å². The van der Waals surface area contributed by atoms with Gasteiger partial charge in [-0.3, -0.25) is 9.58 Å². The maximum absolute atomic E-state index is 4.68. The van der Waals surface area contributed by atoms with E-state index in [1.54, 1.807) is 0 Å². The lowest BCUT2D eigenvalue weighted by Crippen LogP contribution is -2.43. The Morgan fingerprint density at radius 3 is 2.65 bits per heavy atom. The summed E-state index contributed by atoms with van der Waals surface area (Å²) in [6.07, 6.45) is 4.81. The third kappa shape index (κ3) is 3.83. The van der Waals surface area contributed by atoms with Gasteiger partial charge in [0.15, 0.2) is 0 Å². The molecule has 0 atom stereocenters. The van der Waals surface area contributed by atoms with E-state index in [1.165, 1.54) is 37.2 Å². The Morgan fingerprint density at radius 2 is 2.05 bits per heavy atom. The Morgan fingerprint density at radius 1 is 1.30 bits per heavy atom. The van der Waals surface area contributed by atoms with Gasteiger partial charge in [-0.15, -0.1) is 0 Å². The van der Waals surface area contributed by atoms with Crippen molar-refractivity contribution in [2.45, 2.75) is 65.6 Å². The second-order valence-corrected chi connectivity index (χ2v) is 5.75. The van der Waals surface area contributed by atoms with E-state index in [4.69, 9.17) is 0 Å². The molecule has 0 bridgehead atoms. The first-order valence-corrected chi connectivity index (χ1v) is 8.28. The smallest absolute Gasteiger partial charge is 0.0625 e. The van der Waals surface area contributed by atoms with Crippen LogP contribution in [0.2, 0.25) is 0 Å². The molecule has 1 N–H and O–H groups in total.